The van der Waals surface area contributed by atoms with Gasteiger partial charge in [-0.3, -0.25) is 4.79 Å². The highest BCUT2D eigenvalue weighted by atomic mass is 35.5. The molecule has 0 aliphatic heterocycles. The molecule has 3 aromatic rings. The number of nitrogens with zero attached hydrogens (tertiary/aromatic N) is 1. The summed E-state index contributed by atoms with van der Waals surface area (Å²) in [6.07, 6.45) is 2.34. The quantitative estimate of drug-likeness (QED) is 0.706. The van der Waals surface area contributed by atoms with Crippen LogP contribution in [0.5, 0.6) is 0 Å². The molecule has 1 atom stereocenters. The van der Waals surface area contributed by atoms with Crippen molar-refractivity contribution in [2.45, 2.75) is 18.9 Å². The smallest absolute Gasteiger partial charge is 0.261 e. The Morgan fingerprint density at radius 1 is 1.25 bits per heavy atom. The number of rotatable bonds is 5. The zero-order valence-corrected chi connectivity index (χ0v) is 15.3. The van der Waals surface area contributed by atoms with Crippen LogP contribution in [-0.4, -0.2) is 23.5 Å². The van der Waals surface area contributed by atoms with Crippen LogP contribution in [0.4, 0.5) is 0 Å². The van der Waals surface area contributed by atoms with Crippen molar-refractivity contribution in [1.29, 1.82) is 0 Å². The molecule has 0 spiro atoms. The molecular weight excluding hydrogens is 362 g/mol. The number of amides is 1. The Morgan fingerprint density at radius 3 is 2.75 bits per heavy atom. The van der Waals surface area contributed by atoms with E-state index >= 15 is 0 Å². The van der Waals surface area contributed by atoms with Crippen LogP contribution in [0.1, 0.15) is 22.5 Å². The lowest BCUT2D eigenvalue weighted by molar-refractivity contribution is 0.0937. The first-order valence-corrected chi connectivity index (χ1v) is 9.34. The van der Waals surface area contributed by atoms with Gasteiger partial charge in [0.2, 0.25) is 0 Å². The molecule has 1 unspecified atom stereocenters. The van der Waals surface area contributed by atoms with E-state index in [1.54, 1.807) is 11.3 Å². The minimum Gasteiger partial charge on any atom is -0.347 e. The average molecular weight is 380 g/mol. The van der Waals surface area contributed by atoms with Gasteiger partial charge in [-0.2, -0.15) is 0 Å². The number of halogens is 1. The van der Waals surface area contributed by atoms with Crippen molar-refractivity contribution in [3.05, 3.63) is 41.3 Å². The van der Waals surface area contributed by atoms with Gasteiger partial charge < -0.3 is 11.1 Å². The summed E-state index contributed by atoms with van der Waals surface area (Å²) in [5.41, 5.74) is 6.76. The van der Waals surface area contributed by atoms with E-state index in [-0.39, 0.29) is 24.4 Å². The van der Waals surface area contributed by atoms with Gasteiger partial charge in [-0.1, -0.05) is 12.1 Å². The third kappa shape index (κ3) is 3.47. The Hall–Kier alpha value is -1.47. The van der Waals surface area contributed by atoms with Crippen molar-refractivity contribution in [1.82, 2.24) is 10.3 Å². The van der Waals surface area contributed by atoms with Gasteiger partial charge in [-0.25, -0.2) is 4.98 Å². The number of carbonyl (C=O) groups is 1. The fourth-order valence-electron chi connectivity index (χ4n) is 2.66. The highest BCUT2D eigenvalue weighted by molar-refractivity contribution is 7.26. The van der Waals surface area contributed by atoms with Gasteiger partial charge in [0.05, 0.1) is 20.0 Å². The highest BCUT2D eigenvalue weighted by Gasteiger charge is 2.31. The predicted molar refractivity (Wildman–Crippen MR) is 103 cm³/mol. The molecule has 0 saturated heterocycles. The topological polar surface area (TPSA) is 68.0 Å². The molecule has 3 N–H and O–H groups in total. The second-order valence-electron chi connectivity index (χ2n) is 5.80. The number of thiazole rings is 1. The molecule has 7 heteroatoms. The molecule has 4 nitrogen and oxygen atoms in total. The SMILES string of the molecule is Cl.NCC(NC(=O)c1ccc(-c2nc3ccccc3s2)s1)C1CC1. The number of benzene rings is 1. The van der Waals surface area contributed by atoms with Crippen LogP contribution in [0, 0.1) is 5.92 Å². The first kappa shape index (κ1) is 17.4. The van der Waals surface area contributed by atoms with Crippen LogP contribution >= 0.6 is 35.1 Å². The maximum atomic E-state index is 12.4. The van der Waals surface area contributed by atoms with Crippen molar-refractivity contribution in [2.24, 2.45) is 11.7 Å². The molecule has 1 amide bonds. The Kier molecular flexibility index (Phi) is 5.20. The van der Waals surface area contributed by atoms with Gasteiger partial charge in [0.25, 0.3) is 5.91 Å². The van der Waals surface area contributed by atoms with Gasteiger partial charge in [0.1, 0.15) is 5.01 Å². The normalized spacial score (nSPS) is 15.0. The molecular formula is C17H18ClN3OS2. The number of aromatic nitrogens is 1. The average Bonchev–Trinajstić information content (AvgIpc) is 3.13. The molecule has 0 bridgehead atoms. The van der Waals surface area contributed by atoms with Crippen LogP contribution in [0.3, 0.4) is 0 Å². The molecule has 24 heavy (non-hydrogen) atoms. The Morgan fingerprint density at radius 2 is 2.04 bits per heavy atom. The summed E-state index contributed by atoms with van der Waals surface area (Å²) >= 11 is 3.15. The van der Waals surface area contributed by atoms with E-state index in [4.69, 9.17) is 5.73 Å². The summed E-state index contributed by atoms with van der Waals surface area (Å²) in [6, 6.07) is 12.0. The molecule has 126 valence electrons. The van der Waals surface area contributed by atoms with E-state index in [2.05, 4.69) is 16.4 Å². The largest absolute Gasteiger partial charge is 0.347 e. The van der Waals surface area contributed by atoms with E-state index in [1.807, 2.05) is 30.3 Å². The standard InChI is InChI=1S/C17H17N3OS2.ClH/c18-9-12(10-5-6-10)19-16(21)14-7-8-15(22-14)17-20-11-3-1-2-4-13(11)23-17;/h1-4,7-8,10,12H,5-6,9,18H2,(H,19,21);1H. The van der Waals surface area contributed by atoms with E-state index in [0.29, 0.717) is 12.5 Å². The summed E-state index contributed by atoms with van der Waals surface area (Å²) in [7, 11) is 0. The number of thiophene rings is 1. The Labute approximate surface area is 154 Å². The molecule has 1 fully saturated rings. The number of carbonyl (C=O) groups excluding carboxylic acids is 1. The minimum atomic E-state index is -0.0234. The molecule has 2 heterocycles. The van der Waals surface area contributed by atoms with Crippen molar-refractivity contribution in [3.63, 3.8) is 0 Å². The number of nitrogens with two attached hydrogens (primary N) is 1. The third-order valence-electron chi connectivity index (χ3n) is 4.10. The molecule has 2 aromatic heterocycles. The predicted octanol–water partition coefficient (Wildman–Crippen LogP) is 3.91. The summed E-state index contributed by atoms with van der Waals surface area (Å²) in [5, 5.41) is 4.03. The molecule has 1 saturated carbocycles. The zero-order chi connectivity index (χ0) is 15.8. The summed E-state index contributed by atoms with van der Waals surface area (Å²) in [6.45, 7) is 0.506. The summed E-state index contributed by atoms with van der Waals surface area (Å²) < 4.78 is 1.17. The zero-order valence-electron chi connectivity index (χ0n) is 12.9. The van der Waals surface area contributed by atoms with Crippen molar-refractivity contribution in [2.75, 3.05) is 6.54 Å². The highest BCUT2D eigenvalue weighted by Crippen LogP contribution is 2.35. The number of hydrogen-bond acceptors (Lipinski definition) is 5. The van der Waals surface area contributed by atoms with Crippen LogP contribution in [0.15, 0.2) is 36.4 Å². The Bertz CT molecular complexity index is 823. The molecule has 1 aliphatic rings. The monoisotopic (exact) mass is 379 g/mol. The number of fused-ring (bicyclic) bond motifs is 1. The van der Waals surface area contributed by atoms with Gasteiger partial charge in [-0.15, -0.1) is 35.1 Å². The second-order valence-corrected chi connectivity index (χ2v) is 7.92. The third-order valence-corrected chi connectivity index (χ3v) is 6.39. The van der Waals surface area contributed by atoms with Crippen molar-refractivity contribution in [3.8, 4) is 9.88 Å². The summed E-state index contributed by atoms with van der Waals surface area (Å²) in [5.74, 6) is 0.539. The fraction of sp³-hybridized carbons (Fsp3) is 0.294. The van der Waals surface area contributed by atoms with Crippen LogP contribution in [-0.2, 0) is 0 Å². The lowest BCUT2D eigenvalue weighted by Crippen LogP contribution is -2.41. The van der Waals surface area contributed by atoms with Gasteiger partial charge in [0, 0.05) is 12.6 Å². The maximum absolute atomic E-state index is 12.4. The molecule has 1 aliphatic carbocycles. The van der Waals surface area contributed by atoms with Gasteiger partial charge >= 0.3 is 0 Å². The maximum Gasteiger partial charge on any atom is 0.261 e. The fourth-order valence-corrected chi connectivity index (χ4v) is 4.59. The van der Waals surface area contributed by atoms with E-state index in [0.717, 1.165) is 20.3 Å². The van der Waals surface area contributed by atoms with Crippen molar-refractivity contribution >= 4 is 51.2 Å². The first-order valence-electron chi connectivity index (χ1n) is 7.71. The lowest BCUT2D eigenvalue weighted by atomic mass is 10.2. The number of nitrogens with one attached hydrogen (secondary N) is 1. The van der Waals surface area contributed by atoms with E-state index < -0.39 is 0 Å². The van der Waals surface area contributed by atoms with Gasteiger partial charge in [0.15, 0.2) is 0 Å². The first-order chi connectivity index (χ1) is 11.2. The molecule has 1 aromatic carbocycles. The van der Waals surface area contributed by atoms with Gasteiger partial charge in [-0.05, 0) is 43.0 Å². The number of hydrogen-bond donors (Lipinski definition) is 2. The van der Waals surface area contributed by atoms with E-state index in [1.165, 1.54) is 28.9 Å². The second kappa shape index (κ2) is 7.19. The van der Waals surface area contributed by atoms with Crippen molar-refractivity contribution < 1.29 is 4.79 Å². The number of para-hydroxylation sites is 1. The van der Waals surface area contributed by atoms with Crippen LogP contribution in [0.25, 0.3) is 20.1 Å². The van der Waals surface area contributed by atoms with E-state index in [9.17, 15) is 4.79 Å². The van der Waals surface area contributed by atoms with Crippen LogP contribution < -0.4 is 11.1 Å². The summed E-state index contributed by atoms with van der Waals surface area (Å²) in [4.78, 5) is 18.8. The molecule has 0 radical (unpaired) electrons. The lowest BCUT2D eigenvalue weighted by Gasteiger charge is -2.14. The molecule has 4 rings (SSSR count). The van der Waals surface area contributed by atoms with Crippen LogP contribution in [0.2, 0.25) is 0 Å². The Balaban J connectivity index is 0.00000169. The minimum absolute atomic E-state index is 0.